The molecule has 0 aliphatic rings. The van der Waals surface area contributed by atoms with Crippen LogP contribution in [0.1, 0.15) is 23.0 Å². The minimum Gasteiger partial charge on any atom is -0.465 e. The van der Waals surface area contributed by atoms with E-state index in [9.17, 15) is 9.59 Å². The van der Waals surface area contributed by atoms with Gasteiger partial charge in [0.15, 0.2) is 15.2 Å². The third-order valence-electron chi connectivity index (χ3n) is 2.53. The molecule has 0 saturated carbocycles. The largest absolute Gasteiger partial charge is 0.465 e. The quantitative estimate of drug-likeness (QED) is 0.749. The molecule has 0 bridgehead atoms. The standard InChI is InChI=1S/C12H18ClN3O3S/c1-5-6-16(7-8(17)15(2)3)12-14-10(13)9(20-12)11(18)19-4/h5-7H2,1-4H3. The summed E-state index contributed by atoms with van der Waals surface area (Å²) in [6.07, 6.45) is 0.853. The molecule has 1 aromatic rings. The number of hydrogen-bond donors (Lipinski definition) is 0. The van der Waals surface area contributed by atoms with E-state index in [-0.39, 0.29) is 22.5 Å². The number of carbonyl (C=O) groups is 2. The summed E-state index contributed by atoms with van der Waals surface area (Å²) in [7, 11) is 4.68. The predicted molar refractivity (Wildman–Crippen MR) is 79.7 cm³/mol. The van der Waals surface area contributed by atoms with Crippen LogP contribution in [0.3, 0.4) is 0 Å². The van der Waals surface area contributed by atoms with E-state index in [4.69, 9.17) is 11.6 Å². The molecule has 20 heavy (non-hydrogen) atoms. The number of esters is 1. The van der Waals surface area contributed by atoms with Gasteiger partial charge in [-0.1, -0.05) is 29.9 Å². The fourth-order valence-corrected chi connectivity index (χ4v) is 2.69. The lowest BCUT2D eigenvalue weighted by Crippen LogP contribution is -2.37. The molecule has 0 radical (unpaired) electrons. The molecular weight excluding hydrogens is 302 g/mol. The normalized spacial score (nSPS) is 10.2. The van der Waals surface area contributed by atoms with Crippen molar-refractivity contribution < 1.29 is 14.3 Å². The molecule has 1 rings (SSSR count). The van der Waals surface area contributed by atoms with Gasteiger partial charge >= 0.3 is 5.97 Å². The van der Waals surface area contributed by atoms with Crippen LogP contribution in [0.4, 0.5) is 5.13 Å². The van der Waals surface area contributed by atoms with Crippen LogP contribution in [0, 0.1) is 0 Å². The Morgan fingerprint density at radius 3 is 2.55 bits per heavy atom. The van der Waals surface area contributed by atoms with Crippen LogP contribution in [0.25, 0.3) is 0 Å². The Kier molecular flexibility index (Phi) is 6.22. The number of aromatic nitrogens is 1. The number of carbonyl (C=O) groups excluding carboxylic acids is 2. The molecule has 1 amide bonds. The molecule has 0 atom stereocenters. The highest BCUT2D eigenvalue weighted by Gasteiger charge is 2.22. The van der Waals surface area contributed by atoms with E-state index in [1.54, 1.807) is 14.1 Å². The van der Waals surface area contributed by atoms with Crippen molar-refractivity contribution in [3.63, 3.8) is 0 Å². The minimum atomic E-state index is -0.519. The van der Waals surface area contributed by atoms with Crippen LogP contribution < -0.4 is 4.90 Å². The first-order chi connectivity index (χ1) is 9.40. The molecule has 0 aliphatic heterocycles. The first-order valence-corrected chi connectivity index (χ1v) is 7.29. The molecule has 0 unspecified atom stereocenters. The average Bonchev–Trinajstić information content (AvgIpc) is 2.79. The average molecular weight is 320 g/mol. The van der Waals surface area contributed by atoms with Gasteiger partial charge in [0.1, 0.15) is 0 Å². The fraction of sp³-hybridized carbons (Fsp3) is 0.583. The van der Waals surface area contributed by atoms with Gasteiger partial charge in [0, 0.05) is 20.6 Å². The first kappa shape index (κ1) is 16.7. The number of halogens is 1. The van der Waals surface area contributed by atoms with Gasteiger partial charge in [-0.3, -0.25) is 4.79 Å². The molecule has 0 fully saturated rings. The van der Waals surface area contributed by atoms with Gasteiger partial charge in [-0.15, -0.1) is 0 Å². The number of nitrogens with zero attached hydrogens (tertiary/aromatic N) is 3. The molecule has 1 aromatic heterocycles. The summed E-state index contributed by atoms with van der Waals surface area (Å²) < 4.78 is 4.64. The molecule has 0 aliphatic carbocycles. The Morgan fingerprint density at radius 2 is 2.05 bits per heavy atom. The van der Waals surface area contributed by atoms with Crippen LogP contribution in [-0.2, 0) is 9.53 Å². The van der Waals surface area contributed by atoms with Crippen LogP contribution in [0.2, 0.25) is 5.15 Å². The van der Waals surface area contributed by atoms with E-state index >= 15 is 0 Å². The molecule has 0 aromatic carbocycles. The van der Waals surface area contributed by atoms with Gasteiger partial charge < -0.3 is 14.5 Å². The summed E-state index contributed by atoms with van der Waals surface area (Å²) >= 11 is 7.07. The number of rotatable bonds is 6. The zero-order valence-electron chi connectivity index (χ0n) is 12.0. The van der Waals surface area contributed by atoms with E-state index in [0.717, 1.165) is 17.8 Å². The van der Waals surface area contributed by atoms with Crippen LogP contribution in [0.15, 0.2) is 0 Å². The topological polar surface area (TPSA) is 62.7 Å². The number of likely N-dealkylation sites (N-methyl/N-ethyl adjacent to an activating group) is 1. The molecule has 1 heterocycles. The minimum absolute atomic E-state index is 0.0376. The van der Waals surface area contributed by atoms with Gasteiger partial charge in [0.2, 0.25) is 5.91 Å². The smallest absolute Gasteiger partial charge is 0.351 e. The molecule has 0 saturated heterocycles. The number of methoxy groups -OCH3 is 1. The van der Waals surface area contributed by atoms with Gasteiger partial charge in [-0.05, 0) is 6.42 Å². The fourth-order valence-electron chi connectivity index (χ4n) is 1.46. The lowest BCUT2D eigenvalue weighted by molar-refractivity contribution is -0.127. The highest BCUT2D eigenvalue weighted by Crippen LogP contribution is 2.30. The summed E-state index contributed by atoms with van der Waals surface area (Å²) in [5, 5.41) is 0.655. The number of thiazole rings is 1. The van der Waals surface area contributed by atoms with E-state index in [2.05, 4.69) is 9.72 Å². The van der Waals surface area contributed by atoms with Crippen molar-refractivity contribution in [1.29, 1.82) is 0 Å². The van der Waals surface area contributed by atoms with E-state index in [1.807, 2.05) is 11.8 Å². The Bertz CT molecular complexity index is 490. The third kappa shape index (κ3) is 4.08. The van der Waals surface area contributed by atoms with Crippen molar-refractivity contribution in [3.8, 4) is 0 Å². The Hall–Kier alpha value is -1.34. The highest BCUT2D eigenvalue weighted by molar-refractivity contribution is 7.18. The lowest BCUT2D eigenvalue weighted by Gasteiger charge is -2.22. The molecule has 0 spiro atoms. The maximum absolute atomic E-state index is 11.8. The maximum Gasteiger partial charge on any atom is 0.351 e. The predicted octanol–water partition coefficient (Wildman–Crippen LogP) is 1.89. The number of ether oxygens (including phenoxy) is 1. The van der Waals surface area contributed by atoms with Crippen molar-refractivity contribution in [2.45, 2.75) is 13.3 Å². The van der Waals surface area contributed by atoms with Crippen molar-refractivity contribution in [1.82, 2.24) is 9.88 Å². The monoisotopic (exact) mass is 319 g/mol. The Balaban J connectivity index is 2.97. The van der Waals surface area contributed by atoms with Gasteiger partial charge in [-0.2, -0.15) is 0 Å². The van der Waals surface area contributed by atoms with E-state index in [1.165, 1.54) is 12.0 Å². The van der Waals surface area contributed by atoms with E-state index in [0.29, 0.717) is 11.7 Å². The van der Waals surface area contributed by atoms with Gasteiger partial charge in [0.25, 0.3) is 0 Å². The second kappa shape index (κ2) is 7.44. The maximum atomic E-state index is 11.8. The second-order valence-electron chi connectivity index (χ2n) is 4.32. The second-order valence-corrected chi connectivity index (χ2v) is 5.65. The van der Waals surface area contributed by atoms with E-state index < -0.39 is 5.97 Å². The summed E-state index contributed by atoms with van der Waals surface area (Å²) in [6, 6.07) is 0. The van der Waals surface area contributed by atoms with Crippen molar-refractivity contribution in [3.05, 3.63) is 10.0 Å². The SMILES string of the molecule is CCCN(CC(=O)N(C)C)c1nc(Cl)c(C(=O)OC)s1. The zero-order valence-corrected chi connectivity index (χ0v) is 13.5. The lowest BCUT2D eigenvalue weighted by atomic mass is 10.4. The highest BCUT2D eigenvalue weighted by atomic mass is 35.5. The molecule has 8 heteroatoms. The number of hydrogen-bond acceptors (Lipinski definition) is 6. The summed E-state index contributed by atoms with van der Waals surface area (Å²) in [4.78, 5) is 31.1. The summed E-state index contributed by atoms with van der Waals surface area (Å²) in [5.74, 6) is -0.557. The van der Waals surface area contributed by atoms with Crippen LogP contribution in [0.5, 0.6) is 0 Å². The van der Waals surface area contributed by atoms with Gasteiger partial charge in [-0.25, -0.2) is 9.78 Å². The summed E-state index contributed by atoms with van der Waals surface area (Å²) in [6.45, 7) is 2.86. The summed E-state index contributed by atoms with van der Waals surface area (Å²) in [5.41, 5.74) is 0. The Morgan fingerprint density at radius 1 is 1.40 bits per heavy atom. The Labute approximate surface area is 127 Å². The van der Waals surface area contributed by atoms with Crippen molar-refractivity contribution >= 4 is 39.9 Å². The van der Waals surface area contributed by atoms with Crippen LogP contribution >= 0.6 is 22.9 Å². The van der Waals surface area contributed by atoms with Crippen molar-refractivity contribution in [2.24, 2.45) is 0 Å². The zero-order chi connectivity index (χ0) is 15.3. The van der Waals surface area contributed by atoms with Gasteiger partial charge in [0.05, 0.1) is 13.7 Å². The molecule has 0 N–H and O–H groups in total. The number of anilines is 1. The number of amides is 1. The first-order valence-electron chi connectivity index (χ1n) is 6.10. The van der Waals surface area contributed by atoms with Crippen LogP contribution in [-0.4, -0.2) is 56.1 Å². The molecule has 112 valence electrons. The molecular formula is C12H18ClN3O3S. The van der Waals surface area contributed by atoms with Crippen molar-refractivity contribution in [2.75, 3.05) is 39.2 Å². The third-order valence-corrected chi connectivity index (χ3v) is 4.02. The molecule has 6 nitrogen and oxygen atoms in total.